The van der Waals surface area contributed by atoms with E-state index in [2.05, 4.69) is 9.44 Å². The Bertz CT molecular complexity index is 252. The van der Waals surface area contributed by atoms with E-state index in [0.29, 0.717) is 12.8 Å². The van der Waals surface area contributed by atoms with Gasteiger partial charge in [-0.05, 0) is 12.8 Å². The Labute approximate surface area is 78.7 Å². The third kappa shape index (κ3) is 3.22. The minimum atomic E-state index is -3.41. The van der Waals surface area contributed by atoms with Crippen molar-refractivity contribution in [3.8, 4) is 0 Å². The van der Waals surface area contributed by atoms with Crippen molar-refractivity contribution in [3.05, 3.63) is 0 Å². The van der Waals surface area contributed by atoms with Crippen LogP contribution in [-0.2, 0) is 10.2 Å². The molecule has 13 heavy (non-hydrogen) atoms. The first-order valence-electron chi connectivity index (χ1n) is 4.44. The van der Waals surface area contributed by atoms with Crippen LogP contribution in [0.1, 0.15) is 25.7 Å². The van der Waals surface area contributed by atoms with Crippen molar-refractivity contribution in [2.75, 3.05) is 7.05 Å². The Hall–Kier alpha value is -0.170. The van der Waals surface area contributed by atoms with Gasteiger partial charge in [0.1, 0.15) is 0 Å². The van der Waals surface area contributed by atoms with E-state index in [9.17, 15) is 13.5 Å². The highest BCUT2D eigenvalue weighted by Crippen LogP contribution is 2.18. The van der Waals surface area contributed by atoms with Crippen LogP contribution in [0.25, 0.3) is 0 Å². The molecule has 0 bridgehead atoms. The quantitative estimate of drug-likeness (QED) is 0.576. The molecule has 0 saturated heterocycles. The fourth-order valence-electron chi connectivity index (χ4n) is 1.51. The van der Waals surface area contributed by atoms with Gasteiger partial charge in [0.15, 0.2) is 0 Å². The predicted octanol–water partition coefficient (Wildman–Crippen LogP) is -0.656. The average Bonchev–Trinajstić information content (AvgIpc) is 2.09. The molecule has 0 radical (unpaired) electrons. The summed E-state index contributed by atoms with van der Waals surface area (Å²) in [5.74, 6) is 0. The molecule has 78 valence electrons. The molecule has 2 atom stereocenters. The Kier molecular flexibility index (Phi) is 3.66. The summed E-state index contributed by atoms with van der Waals surface area (Å²) in [4.78, 5) is 0. The summed E-state index contributed by atoms with van der Waals surface area (Å²) in [5, 5.41) is 9.47. The van der Waals surface area contributed by atoms with Crippen molar-refractivity contribution < 1.29 is 13.5 Å². The van der Waals surface area contributed by atoms with Crippen LogP contribution in [0.15, 0.2) is 0 Å². The summed E-state index contributed by atoms with van der Waals surface area (Å²) in [6, 6.07) is -0.328. The molecule has 0 aromatic heterocycles. The van der Waals surface area contributed by atoms with Crippen LogP contribution in [-0.4, -0.2) is 32.7 Å². The van der Waals surface area contributed by atoms with E-state index >= 15 is 0 Å². The first-order chi connectivity index (χ1) is 6.05. The molecule has 0 amide bonds. The number of hydrogen-bond donors (Lipinski definition) is 3. The maximum atomic E-state index is 11.1. The highest BCUT2D eigenvalue weighted by Gasteiger charge is 2.26. The summed E-state index contributed by atoms with van der Waals surface area (Å²) in [7, 11) is -2.07. The molecule has 0 aromatic carbocycles. The van der Waals surface area contributed by atoms with E-state index in [1.165, 1.54) is 7.05 Å². The SMILES string of the molecule is CNS(=O)(=O)N[C@@H]1CCCC[C@H]1O. The third-order valence-electron chi connectivity index (χ3n) is 2.30. The lowest BCUT2D eigenvalue weighted by Crippen LogP contribution is -2.48. The smallest absolute Gasteiger partial charge is 0.276 e. The van der Waals surface area contributed by atoms with Gasteiger partial charge in [0, 0.05) is 13.1 Å². The number of hydrogen-bond acceptors (Lipinski definition) is 3. The second-order valence-electron chi connectivity index (χ2n) is 3.28. The molecule has 3 N–H and O–H groups in total. The topological polar surface area (TPSA) is 78.4 Å². The molecule has 1 aliphatic carbocycles. The van der Waals surface area contributed by atoms with Gasteiger partial charge in [0.2, 0.25) is 0 Å². The third-order valence-corrected chi connectivity index (χ3v) is 3.46. The highest BCUT2D eigenvalue weighted by atomic mass is 32.2. The number of nitrogens with one attached hydrogen (secondary N) is 2. The van der Waals surface area contributed by atoms with Crippen molar-refractivity contribution in [1.29, 1.82) is 0 Å². The van der Waals surface area contributed by atoms with E-state index in [-0.39, 0.29) is 6.04 Å². The molecule has 0 heterocycles. The van der Waals surface area contributed by atoms with Crippen LogP contribution < -0.4 is 9.44 Å². The molecular formula is C7H16N2O3S. The van der Waals surface area contributed by atoms with Crippen molar-refractivity contribution in [2.45, 2.75) is 37.8 Å². The number of rotatable bonds is 3. The van der Waals surface area contributed by atoms with Gasteiger partial charge in [0.25, 0.3) is 10.2 Å². The summed E-state index contributed by atoms with van der Waals surface area (Å²) in [6.07, 6.45) is 2.78. The lowest BCUT2D eigenvalue weighted by Gasteiger charge is -2.27. The molecular weight excluding hydrogens is 192 g/mol. The molecule has 6 heteroatoms. The average molecular weight is 208 g/mol. The lowest BCUT2D eigenvalue weighted by atomic mass is 9.93. The van der Waals surface area contributed by atoms with Gasteiger partial charge < -0.3 is 5.11 Å². The van der Waals surface area contributed by atoms with Gasteiger partial charge in [-0.1, -0.05) is 12.8 Å². The maximum absolute atomic E-state index is 11.1. The Morgan fingerprint density at radius 3 is 2.46 bits per heavy atom. The Balaban J connectivity index is 2.52. The van der Waals surface area contributed by atoms with Crippen LogP contribution in [0.5, 0.6) is 0 Å². The zero-order valence-electron chi connectivity index (χ0n) is 7.66. The predicted molar refractivity (Wildman–Crippen MR) is 49.4 cm³/mol. The Morgan fingerprint density at radius 1 is 1.31 bits per heavy atom. The van der Waals surface area contributed by atoms with Crippen molar-refractivity contribution in [1.82, 2.24) is 9.44 Å². The molecule has 5 nitrogen and oxygen atoms in total. The second kappa shape index (κ2) is 4.36. The minimum absolute atomic E-state index is 0.328. The van der Waals surface area contributed by atoms with Crippen LogP contribution >= 0.6 is 0 Å². The summed E-state index contributed by atoms with van der Waals surface area (Å²) in [5.41, 5.74) is 0. The van der Waals surface area contributed by atoms with E-state index in [1.54, 1.807) is 0 Å². The molecule has 0 unspecified atom stereocenters. The molecule has 0 aliphatic heterocycles. The van der Waals surface area contributed by atoms with Crippen LogP contribution in [0, 0.1) is 0 Å². The first-order valence-corrected chi connectivity index (χ1v) is 5.92. The van der Waals surface area contributed by atoms with Crippen molar-refractivity contribution in [3.63, 3.8) is 0 Å². The van der Waals surface area contributed by atoms with Gasteiger partial charge >= 0.3 is 0 Å². The normalized spacial score (nSPS) is 30.3. The van der Waals surface area contributed by atoms with Gasteiger partial charge in [-0.2, -0.15) is 13.1 Å². The first kappa shape index (κ1) is 10.9. The number of aliphatic hydroxyl groups excluding tert-OH is 1. The molecule has 0 aromatic rings. The largest absolute Gasteiger partial charge is 0.391 e. The molecule has 1 aliphatic rings. The molecule has 0 spiro atoms. The van der Waals surface area contributed by atoms with E-state index < -0.39 is 16.3 Å². The monoisotopic (exact) mass is 208 g/mol. The standard InChI is InChI=1S/C7H16N2O3S/c1-8-13(11,12)9-6-4-2-3-5-7(6)10/h6-10H,2-5H2,1H3/t6-,7-/m1/s1. The summed E-state index contributed by atoms with van der Waals surface area (Å²) in [6.45, 7) is 0. The maximum Gasteiger partial charge on any atom is 0.276 e. The zero-order chi connectivity index (χ0) is 9.90. The molecule has 1 saturated carbocycles. The summed E-state index contributed by atoms with van der Waals surface area (Å²) < 4.78 is 26.7. The highest BCUT2D eigenvalue weighted by molar-refractivity contribution is 7.87. The fourth-order valence-corrected chi connectivity index (χ4v) is 2.30. The number of aliphatic hydroxyl groups is 1. The second-order valence-corrected chi connectivity index (χ2v) is 4.93. The van der Waals surface area contributed by atoms with E-state index in [1.807, 2.05) is 0 Å². The van der Waals surface area contributed by atoms with Crippen molar-refractivity contribution in [2.24, 2.45) is 0 Å². The minimum Gasteiger partial charge on any atom is -0.391 e. The molecule has 1 fully saturated rings. The van der Waals surface area contributed by atoms with E-state index in [4.69, 9.17) is 0 Å². The van der Waals surface area contributed by atoms with Crippen LogP contribution in [0.2, 0.25) is 0 Å². The Morgan fingerprint density at radius 2 is 1.92 bits per heavy atom. The summed E-state index contributed by atoms with van der Waals surface area (Å²) >= 11 is 0. The lowest BCUT2D eigenvalue weighted by molar-refractivity contribution is 0.101. The van der Waals surface area contributed by atoms with E-state index in [0.717, 1.165) is 12.8 Å². The van der Waals surface area contributed by atoms with Gasteiger partial charge in [0.05, 0.1) is 6.10 Å². The van der Waals surface area contributed by atoms with Gasteiger partial charge in [-0.25, -0.2) is 4.72 Å². The van der Waals surface area contributed by atoms with Crippen molar-refractivity contribution >= 4 is 10.2 Å². The zero-order valence-corrected chi connectivity index (χ0v) is 8.47. The van der Waals surface area contributed by atoms with Gasteiger partial charge in [-0.15, -0.1) is 0 Å². The van der Waals surface area contributed by atoms with Gasteiger partial charge in [-0.3, -0.25) is 0 Å². The molecule has 1 rings (SSSR count). The fraction of sp³-hybridized carbons (Fsp3) is 1.00. The van der Waals surface area contributed by atoms with Crippen LogP contribution in [0.3, 0.4) is 0 Å². The van der Waals surface area contributed by atoms with Crippen LogP contribution in [0.4, 0.5) is 0 Å².